The van der Waals surface area contributed by atoms with Gasteiger partial charge >= 0.3 is 0 Å². The van der Waals surface area contributed by atoms with E-state index >= 15 is 0 Å². The molecule has 1 aliphatic heterocycles. The summed E-state index contributed by atoms with van der Waals surface area (Å²) in [5.74, 6) is 1.46. The number of nitrogens with one attached hydrogen (secondary N) is 2. The maximum atomic E-state index is 11.7. The number of nitrogens with zero attached hydrogens (tertiary/aromatic N) is 2. The number of benzene rings is 1. The summed E-state index contributed by atoms with van der Waals surface area (Å²) in [5, 5.41) is 6.69. The number of hydrogen-bond donors (Lipinski definition) is 2. The van der Waals surface area contributed by atoms with E-state index in [1.54, 1.807) is 6.07 Å². The van der Waals surface area contributed by atoms with Crippen LogP contribution in [0.4, 0.5) is 0 Å². The van der Waals surface area contributed by atoms with Crippen molar-refractivity contribution in [1.82, 2.24) is 15.5 Å². The molecule has 0 spiro atoms. The van der Waals surface area contributed by atoms with Gasteiger partial charge in [0, 0.05) is 25.9 Å². The van der Waals surface area contributed by atoms with E-state index in [9.17, 15) is 8.42 Å². The second-order valence-electron chi connectivity index (χ2n) is 6.87. The van der Waals surface area contributed by atoms with Crippen LogP contribution in [-0.2, 0) is 16.4 Å². The average molecular weight is 494 g/mol. The highest BCUT2D eigenvalue weighted by Crippen LogP contribution is 2.17. The van der Waals surface area contributed by atoms with Gasteiger partial charge < -0.3 is 15.5 Å². The minimum Gasteiger partial charge on any atom is -0.357 e. The van der Waals surface area contributed by atoms with Crippen molar-refractivity contribution in [2.24, 2.45) is 10.9 Å². The van der Waals surface area contributed by atoms with Crippen LogP contribution in [0.15, 0.2) is 28.1 Å². The first-order valence-electron chi connectivity index (χ1n) is 8.80. The lowest BCUT2D eigenvalue weighted by Crippen LogP contribution is -2.40. The summed E-state index contributed by atoms with van der Waals surface area (Å²) in [6.07, 6.45) is 2.45. The Labute approximate surface area is 174 Å². The van der Waals surface area contributed by atoms with E-state index in [1.165, 1.54) is 12.7 Å². The molecule has 1 unspecified atom stereocenters. The predicted octanol–water partition coefficient (Wildman–Crippen LogP) is 2.02. The van der Waals surface area contributed by atoms with Crippen LogP contribution >= 0.6 is 24.0 Å². The van der Waals surface area contributed by atoms with E-state index in [4.69, 9.17) is 0 Å². The normalized spacial score (nSPS) is 18.5. The van der Waals surface area contributed by atoms with Crippen molar-refractivity contribution in [2.75, 3.05) is 39.5 Å². The fourth-order valence-corrected chi connectivity index (χ4v) is 4.13. The number of rotatable bonds is 6. The SMILES string of the molecule is CCNC(=NCc1ccc(S(C)(=O)=O)c(C)c1)NCC1CCN(C)C1.I. The van der Waals surface area contributed by atoms with Gasteiger partial charge in [0.1, 0.15) is 0 Å². The zero-order chi connectivity index (χ0) is 18.4. The van der Waals surface area contributed by atoms with Gasteiger partial charge in [0.2, 0.25) is 0 Å². The van der Waals surface area contributed by atoms with Crippen molar-refractivity contribution in [1.29, 1.82) is 0 Å². The van der Waals surface area contributed by atoms with Gasteiger partial charge in [-0.1, -0.05) is 12.1 Å². The topological polar surface area (TPSA) is 73.8 Å². The van der Waals surface area contributed by atoms with E-state index in [1.807, 2.05) is 26.0 Å². The van der Waals surface area contributed by atoms with E-state index < -0.39 is 9.84 Å². The third kappa shape index (κ3) is 7.03. The van der Waals surface area contributed by atoms with Gasteiger partial charge in [0.25, 0.3) is 0 Å². The molecule has 1 saturated heterocycles. The Morgan fingerprint density at radius 2 is 2.08 bits per heavy atom. The molecule has 2 rings (SSSR count). The van der Waals surface area contributed by atoms with Crippen LogP contribution in [0, 0.1) is 12.8 Å². The third-order valence-corrected chi connectivity index (χ3v) is 5.71. The van der Waals surface area contributed by atoms with E-state index in [0.29, 0.717) is 17.4 Å². The number of halogens is 1. The molecule has 26 heavy (non-hydrogen) atoms. The number of guanidine groups is 1. The van der Waals surface area contributed by atoms with Gasteiger partial charge in [0.15, 0.2) is 15.8 Å². The molecule has 1 atom stereocenters. The highest BCUT2D eigenvalue weighted by Gasteiger charge is 2.19. The Kier molecular flexibility index (Phi) is 9.32. The molecule has 1 aromatic rings. The standard InChI is InChI=1S/C18H30N4O2S.HI/c1-5-19-18(21-12-16-8-9-22(3)13-16)20-11-15-6-7-17(14(2)10-15)25(4,23)24;/h6-7,10,16H,5,8-9,11-13H2,1-4H3,(H2,19,20,21);1H. The summed E-state index contributed by atoms with van der Waals surface area (Å²) >= 11 is 0. The van der Waals surface area contributed by atoms with Crippen molar-refractivity contribution >= 4 is 39.8 Å². The van der Waals surface area contributed by atoms with Crippen molar-refractivity contribution in [3.63, 3.8) is 0 Å². The maximum Gasteiger partial charge on any atom is 0.191 e. The van der Waals surface area contributed by atoms with E-state index in [0.717, 1.165) is 43.3 Å². The Hall–Kier alpha value is -0.870. The van der Waals surface area contributed by atoms with Gasteiger partial charge in [-0.3, -0.25) is 0 Å². The Morgan fingerprint density at radius 1 is 1.35 bits per heavy atom. The molecule has 1 heterocycles. The van der Waals surface area contributed by atoms with Crippen LogP contribution in [0.2, 0.25) is 0 Å². The summed E-state index contributed by atoms with van der Waals surface area (Å²) in [6, 6.07) is 5.40. The lowest BCUT2D eigenvalue weighted by molar-refractivity contribution is 0.394. The molecule has 148 valence electrons. The molecule has 0 aliphatic carbocycles. The number of sulfone groups is 1. The van der Waals surface area contributed by atoms with Crippen LogP contribution in [0.25, 0.3) is 0 Å². The van der Waals surface area contributed by atoms with Crippen LogP contribution < -0.4 is 10.6 Å². The first-order valence-corrected chi connectivity index (χ1v) is 10.7. The summed E-state index contributed by atoms with van der Waals surface area (Å²) < 4.78 is 23.4. The average Bonchev–Trinajstić information content (AvgIpc) is 2.94. The second-order valence-corrected chi connectivity index (χ2v) is 8.85. The molecule has 0 amide bonds. The van der Waals surface area contributed by atoms with Crippen LogP contribution in [0.1, 0.15) is 24.5 Å². The molecule has 1 aliphatic rings. The summed E-state index contributed by atoms with van der Waals surface area (Å²) in [4.78, 5) is 7.36. The molecule has 6 nitrogen and oxygen atoms in total. The lowest BCUT2D eigenvalue weighted by atomic mass is 10.1. The molecule has 1 fully saturated rings. The van der Waals surface area contributed by atoms with Gasteiger partial charge in [-0.2, -0.15) is 0 Å². The molecular weight excluding hydrogens is 463 g/mol. The molecule has 0 aromatic heterocycles. The van der Waals surface area contributed by atoms with Crippen molar-refractivity contribution in [2.45, 2.75) is 31.7 Å². The molecular formula is C18H31IN4O2S. The van der Waals surface area contributed by atoms with Gasteiger partial charge in [-0.05, 0) is 57.0 Å². The highest BCUT2D eigenvalue weighted by molar-refractivity contribution is 14.0. The molecule has 0 saturated carbocycles. The Morgan fingerprint density at radius 3 is 2.62 bits per heavy atom. The molecule has 2 N–H and O–H groups in total. The zero-order valence-electron chi connectivity index (χ0n) is 16.1. The first kappa shape index (κ1) is 23.2. The minimum absolute atomic E-state index is 0. The van der Waals surface area contributed by atoms with Gasteiger partial charge in [-0.15, -0.1) is 24.0 Å². The smallest absolute Gasteiger partial charge is 0.191 e. The number of aryl methyl sites for hydroxylation is 1. The van der Waals surface area contributed by atoms with Crippen molar-refractivity contribution in [3.8, 4) is 0 Å². The maximum absolute atomic E-state index is 11.7. The summed E-state index contributed by atoms with van der Waals surface area (Å²) in [5.41, 5.74) is 1.77. The van der Waals surface area contributed by atoms with E-state index in [2.05, 4.69) is 27.6 Å². The predicted molar refractivity (Wildman–Crippen MR) is 118 cm³/mol. The highest BCUT2D eigenvalue weighted by atomic mass is 127. The molecule has 1 aromatic carbocycles. The number of likely N-dealkylation sites (tertiary alicyclic amines) is 1. The molecule has 8 heteroatoms. The van der Waals surface area contributed by atoms with E-state index in [-0.39, 0.29) is 24.0 Å². The van der Waals surface area contributed by atoms with Crippen LogP contribution in [0.3, 0.4) is 0 Å². The van der Waals surface area contributed by atoms with Crippen molar-refractivity contribution < 1.29 is 8.42 Å². The number of aliphatic imine (C=N–C) groups is 1. The second kappa shape index (κ2) is 10.5. The third-order valence-electron chi connectivity index (χ3n) is 4.45. The zero-order valence-corrected chi connectivity index (χ0v) is 19.2. The fraction of sp³-hybridized carbons (Fsp3) is 0.611. The fourth-order valence-electron chi connectivity index (χ4n) is 3.17. The van der Waals surface area contributed by atoms with Gasteiger partial charge in [-0.25, -0.2) is 13.4 Å². The molecule has 0 bridgehead atoms. The van der Waals surface area contributed by atoms with Crippen LogP contribution in [0.5, 0.6) is 0 Å². The summed E-state index contributed by atoms with van der Waals surface area (Å²) in [6.45, 7) is 8.40. The number of hydrogen-bond acceptors (Lipinski definition) is 4. The summed E-state index contributed by atoms with van der Waals surface area (Å²) in [7, 11) is -1.02. The monoisotopic (exact) mass is 494 g/mol. The quantitative estimate of drug-likeness (QED) is 0.360. The van der Waals surface area contributed by atoms with Gasteiger partial charge in [0.05, 0.1) is 11.4 Å². The minimum atomic E-state index is -3.18. The lowest BCUT2D eigenvalue weighted by Gasteiger charge is -2.15. The van der Waals surface area contributed by atoms with Crippen LogP contribution in [-0.4, -0.2) is 58.8 Å². The largest absolute Gasteiger partial charge is 0.357 e. The Balaban J connectivity index is 0.00000338. The van der Waals surface area contributed by atoms with Crippen molar-refractivity contribution in [3.05, 3.63) is 29.3 Å². The molecule has 0 radical (unpaired) electrons. The first-order chi connectivity index (χ1) is 11.8. The Bertz CT molecular complexity index is 722.